The van der Waals surface area contributed by atoms with Gasteiger partial charge >= 0.3 is 0 Å². The van der Waals surface area contributed by atoms with Crippen molar-refractivity contribution in [2.45, 2.75) is 52.1 Å². The topological polar surface area (TPSA) is 67.9 Å². The van der Waals surface area contributed by atoms with Crippen LogP contribution in [0.15, 0.2) is 78.9 Å². The summed E-state index contributed by atoms with van der Waals surface area (Å²) in [5.41, 5.74) is 3.08. The van der Waals surface area contributed by atoms with Crippen LogP contribution in [0.3, 0.4) is 0 Å². The zero-order valence-corrected chi connectivity index (χ0v) is 22.1. The number of nitrogens with zero attached hydrogens (tertiary/aromatic N) is 1. The molecule has 0 aromatic heterocycles. The van der Waals surface area contributed by atoms with E-state index in [2.05, 4.69) is 5.32 Å². The lowest BCUT2D eigenvalue weighted by Crippen LogP contribution is -2.50. The van der Waals surface area contributed by atoms with Crippen molar-refractivity contribution in [1.29, 1.82) is 0 Å². The molecule has 0 heterocycles. The summed E-state index contributed by atoms with van der Waals surface area (Å²) in [6.45, 7) is 5.34. The highest BCUT2D eigenvalue weighted by Crippen LogP contribution is 2.20. The lowest BCUT2D eigenvalue weighted by atomic mass is 10.0. The molecule has 0 spiro atoms. The molecule has 37 heavy (non-hydrogen) atoms. The fourth-order valence-corrected chi connectivity index (χ4v) is 4.08. The van der Waals surface area contributed by atoms with Gasteiger partial charge in [-0.25, -0.2) is 0 Å². The fraction of sp³-hybridized carbons (Fsp3) is 0.355. The molecule has 0 aliphatic rings. The van der Waals surface area contributed by atoms with Crippen LogP contribution in [-0.4, -0.2) is 43.0 Å². The summed E-state index contributed by atoms with van der Waals surface area (Å²) in [6, 6.07) is 24.7. The van der Waals surface area contributed by atoms with Crippen LogP contribution in [0, 0.1) is 6.92 Å². The molecular weight excluding hydrogens is 464 g/mol. The van der Waals surface area contributed by atoms with E-state index in [-0.39, 0.29) is 18.2 Å². The Bertz CT molecular complexity index is 1120. The third-order valence-corrected chi connectivity index (χ3v) is 6.13. The molecule has 0 aliphatic carbocycles. The Morgan fingerprint density at radius 1 is 0.919 bits per heavy atom. The van der Waals surface area contributed by atoms with E-state index in [1.165, 1.54) is 5.56 Å². The van der Waals surface area contributed by atoms with Crippen molar-refractivity contribution in [2.24, 2.45) is 0 Å². The number of nitrogens with one attached hydrogen (secondary N) is 1. The van der Waals surface area contributed by atoms with Crippen molar-refractivity contribution >= 4 is 11.8 Å². The molecule has 1 N–H and O–H groups in total. The van der Waals surface area contributed by atoms with Gasteiger partial charge in [0.25, 0.3) is 0 Å². The van der Waals surface area contributed by atoms with Gasteiger partial charge in [-0.2, -0.15) is 0 Å². The van der Waals surface area contributed by atoms with E-state index in [4.69, 9.17) is 9.47 Å². The van der Waals surface area contributed by atoms with Gasteiger partial charge in [0.2, 0.25) is 11.8 Å². The van der Waals surface area contributed by atoms with Crippen LogP contribution in [0.25, 0.3) is 0 Å². The highest BCUT2D eigenvalue weighted by molar-refractivity contribution is 5.88. The summed E-state index contributed by atoms with van der Waals surface area (Å²) >= 11 is 0. The number of ether oxygens (including phenoxy) is 2. The summed E-state index contributed by atoms with van der Waals surface area (Å²) in [7, 11) is 1.62. The van der Waals surface area contributed by atoms with Crippen molar-refractivity contribution in [3.8, 4) is 11.5 Å². The van der Waals surface area contributed by atoms with Crippen molar-refractivity contribution in [1.82, 2.24) is 10.2 Å². The fourth-order valence-electron chi connectivity index (χ4n) is 4.08. The van der Waals surface area contributed by atoms with Crippen LogP contribution < -0.4 is 14.8 Å². The Hall–Kier alpha value is -3.80. The van der Waals surface area contributed by atoms with Gasteiger partial charge in [0.05, 0.1) is 13.7 Å². The Labute approximate surface area is 220 Å². The van der Waals surface area contributed by atoms with Crippen LogP contribution in [0.4, 0.5) is 0 Å². The molecule has 0 fully saturated rings. The quantitative estimate of drug-likeness (QED) is 0.303. The second kappa shape index (κ2) is 14.7. The predicted molar refractivity (Wildman–Crippen MR) is 147 cm³/mol. The number of hydrogen-bond acceptors (Lipinski definition) is 4. The molecule has 0 bridgehead atoms. The lowest BCUT2D eigenvalue weighted by Gasteiger charge is -2.31. The summed E-state index contributed by atoms with van der Waals surface area (Å²) in [6.07, 6.45) is 2.09. The summed E-state index contributed by atoms with van der Waals surface area (Å²) in [5.74, 6) is 1.28. The van der Waals surface area contributed by atoms with E-state index >= 15 is 0 Å². The van der Waals surface area contributed by atoms with Gasteiger partial charge in [-0.15, -0.1) is 0 Å². The van der Waals surface area contributed by atoms with Gasteiger partial charge < -0.3 is 19.7 Å². The predicted octanol–water partition coefficient (Wildman–Crippen LogP) is 5.33. The minimum Gasteiger partial charge on any atom is -0.497 e. The molecule has 2 amide bonds. The largest absolute Gasteiger partial charge is 0.497 e. The Balaban J connectivity index is 1.78. The first-order chi connectivity index (χ1) is 18.0. The maximum atomic E-state index is 13.6. The van der Waals surface area contributed by atoms with Crippen LogP contribution in [0.1, 0.15) is 42.9 Å². The molecule has 6 heteroatoms. The van der Waals surface area contributed by atoms with Gasteiger partial charge in [0.1, 0.15) is 17.5 Å². The Morgan fingerprint density at radius 2 is 1.65 bits per heavy atom. The molecule has 6 nitrogen and oxygen atoms in total. The van der Waals surface area contributed by atoms with Gasteiger partial charge in [0, 0.05) is 25.9 Å². The molecule has 3 rings (SSSR count). The smallest absolute Gasteiger partial charge is 0.243 e. The summed E-state index contributed by atoms with van der Waals surface area (Å²) in [5, 5.41) is 3.01. The number of benzene rings is 3. The molecule has 0 unspecified atom stereocenters. The standard InChI is InChI=1S/C31H38N2O4/c1-4-19-32-31(35)29(22-25-10-6-5-7-11-25)33(23-26-12-8-13-28(21-26)36-3)30(34)14-9-20-37-27-17-15-24(2)16-18-27/h5-8,10-13,15-18,21,29H,4,9,14,19-20,22-23H2,1-3H3,(H,32,35)/t29-/m1/s1. The number of carbonyl (C=O) groups excluding carboxylic acids is 2. The molecule has 1 atom stereocenters. The van der Waals surface area contributed by atoms with Crippen LogP contribution in [0.5, 0.6) is 11.5 Å². The maximum absolute atomic E-state index is 13.6. The minimum atomic E-state index is -0.634. The van der Waals surface area contributed by atoms with Gasteiger partial charge in [-0.1, -0.05) is 67.1 Å². The normalized spacial score (nSPS) is 11.4. The number of rotatable bonds is 14. The van der Waals surface area contributed by atoms with E-state index in [0.717, 1.165) is 23.3 Å². The van der Waals surface area contributed by atoms with Crippen molar-refractivity contribution < 1.29 is 19.1 Å². The molecule has 3 aromatic rings. The molecule has 0 saturated heterocycles. The maximum Gasteiger partial charge on any atom is 0.243 e. The summed E-state index contributed by atoms with van der Waals surface area (Å²) in [4.78, 5) is 28.7. The number of aryl methyl sites for hydroxylation is 1. The second-order valence-electron chi connectivity index (χ2n) is 9.13. The van der Waals surface area contributed by atoms with E-state index in [1.807, 2.05) is 92.7 Å². The molecule has 3 aromatic carbocycles. The molecule has 0 aliphatic heterocycles. The van der Waals surface area contributed by atoms with Crippen LogP contribution >= 0.6 is 0 Å². The van der Waals surface area contributed by atoms with Crippen LogP contribution in [0.2, 0.25) is 0 Å². The SMILES string of the molecule is CCCNC(=O)[C@@H](Cc1ccccc1)N(Cc1cccc(OC)c1)C(=O)CCCOc1ccc(C)cc1. The van der Waals surface area contributed by atoms with Crippen molar-refractivity contribution in [2.75, 3.05) is 20.3 Å². The van der Waals surface area contributed by atoms with E-state index < -0.39 is 6.04 Å². The number of amides is 2. The van der Waals surface area contributed by atoms with Crippen molar-refractivity contribution in [3.05, 3.63) is 95.6 Å². The zero-order valence-electron chi connectivity index (χ0n) is 22.1. The molecule has 0 saturated carbocycles. The first kappa shape index (κ1) is 27.8. The van der Waals surface area contributed by atoms with Crippen LogP contribution in [-0.2, 0) is 22.6 Å². The van der Waals surface area contributed by atoms with E-state index in [0.29, 0.717) is 38.3 Å². The highest BCUT2D eigenvalue weighted by atomic mass is 16.5. The third kappa shape index (κ3) is 8.98. The number of methoxy groups -OCH3 is 1. The minimum absolute atomic E-state index is 0.0806. The van der Waals surface area contributed by atoms with E-state index in [9.17, 15) is 9.59 Å². The molecular formula is C31H38N2O4. The van der Waals surface area contributed by atoms with Crippen molar-refractivity contribution in [3.63, 3.8) is 0 Å². The highest BCUT2D eigenvalue weighted by Gasteiger charge is 2.30. The molecule has 0 radical (unpaired) electrons. The van der Waals surface area contributed by atoms with Gasteiger partial charge in [0.15, 0.2) is 0 Å². The Morgan fingerprint density at radius 3 is 2.35 bits per heavy atom. The van der Waals surface area contributed by atoms with Gasteiger partial charge in [-0.3, -0.25) is 9.59 Å². The van der Waals surface area contributed by atoms with E-state index in [1.54, 1.807) is 12.0 Å². The number of hydrogen-bond donors (Lipinski definition) is 1. The third-order valence-electron chi connectivity index (χ3n) is 6.13. The summed E-state index contributed by atoms with van der Waals surface area (Å²) < 4.78 is 11.2. The second-order valence-corrected chi connectivity index (χ2v) is 9.13. The molecule has 196 valence electrons. The number of carbonyl (C=O) groups is 2. The Kier molecular flexibility index (Phi) is 11.0. The average Bonchev–Trinajstić information content (AvgIpc) is 2.93. The zero-order chi connectivity index (χ0) is 26.5. The first-order valence-corrected chi connectivity index (χ1v) is 12.9. The van der Waals surface area contributed by atoms with Gasteiger partial charge in [-0.05, 0) is 55.2 Å². The average molecular weight is 503 g/mol. The monoisotopic (exact) mass is 502 g/mol. The lowest BCUT2D eigenvalue weighted by molar-refractivity contribution is -0.141. The first-order valence-electron chi connectivity index (χ1n) is 12.9.